The minimum absolute atomic E-state index is 0. The summed E-state index contributed by atoms with van der Waals surface area (Å²) in [7, 11) is 0. The van der Waals surface area contributed by atoms with Crippen molar-refractivity contribution in [1.82, 2.24) is 5.32 Å². The first-order valence-corrected chi connectivity index (χ1v) is 7.04. The number of nitrogens with one attached hydrogen (secondary N) is 1. The number of amides is 1. The van der Waals surface area contributed by atoms with Crippen LogP contribution in [0.5, 0.6) is 0 Å². The van der Waals surface area contributed by atoms with E-state index in [1.807, 2.05) is 6.92 Å². The van der Waals surface area contributed by atoms with Crippen LogP contribution in [0, 0.1) is 0 Å². The van der Waals surface area contributed by atoms with Gasteiger partial charge in [0.1, 0.15) is 6.10 Å². The van der Waals surface area contributed by atoms with E-state index in [0.29, 0.717) is 19.8 Å². The highest BCUT2D eigenvalue weighted by atomic mass is 35.5. The van der Waals surface area contributed by atoms with Gasteiger partial charge >= 0.3 is 0 Å². The number of hydrogen-bond acceptors (Lipinski definition) is 5. The molecule has 0 bridgehead atoms. The molecular formula is C13H25ClN2O4. The van der Waals surface area contributed by atoms with Crippen molar-refractivity contribution in [2.24, 2.45) is 5.73 Å². The van der Waals surface area contributed by atoms with Crippen molar-refractivity contribution in [2.45, 2.75) is 50.5 Å². The summed E-state index contributed by atoms with van der Waals surface area (Å²) < 4.78 is 16.5. The molecule has 2 heterocycles. The smallest absolute Gasteiger partial charge is 0.249 e. The van der Waals surface area contributed by atoms with Crippen LogP contribution in [0.15, 0.2) is 0 Å². The fraction of sp³-hybridized carbons (Fsp3) is 0.923. The Morgan fingerprint density at radius 3 is 2.85 bits per heavy atom. The van der Waals surface area contributed by atoms with Crippen LogP contribution in [-0.2, 0) is 19.0 Å². The molecule has 7 heteroatoms. The van der Waals surface area contributed by atoms with Crippen molar-refractivity contribution < 1.29 is 19.0 Å². The molecule has 0 saturated carbocycles. The molecular weight excluding hydrogens is 284 g/mol. The summed E-state index contributed by atoms with van der Waals surface area (Å²) in [6.45, 7) is 4.34. The number of nitrogens with two attached hydrogens (primary N) is 1. The van der Waals surface area contributed by atoms with Crippen LogP contribution >= 0.6 is 12.4 Å². The number of ether oxygens (including phenoxy) is 3. The van der Waals surface area contributed by atoms with E-state index in [9.17, 15) is 4.79 Å². The average molecular weight is 309 g/mol. The van der Waals surface area contributed by atoms with Crippen LogP contribution in [-0.4, -0.2) is 56.6 Å². The largest absolute Gasteiger partial charge is 0.379 e. The lowest BCUT2D eigenvalue weighted by atomic mass is 10.2. The normalized spacial score (nSPS) is 30.8. The van der Waals surface area contributed by atoms with Gasteiger partial charge in [-0.15, -0.1) is 12.4 Å². The predicted octanol–water partition coefficient (Wildman–Crippen LogP) is 0.225. The third-order valence-corrected chi connectivity index (χ3v) is 3.52. The molecule has 20 heavy (non-hydrogen) atoms. The summed E-state index contributed by atoms with van der Waals surface area (Å²) in [6, 6.07) is -0.0198. The lowest BCUT2D eigenvalue weighted by Gasteiger charge is -2.19. The molecule has 2 fully saturated rings. The molecule has 0 aromatic heterocycles. The second kappa shape index (κ2) is 8.79. The number of carbonyl (C=O) groups excluding carboxylic acids is 1. The standard InChI is InChI=1S/C13H24N2O4.ClH/c1-9(7-18-11-4-5-17-8-11)15-13(16)12-3-2-10(6-14)19-12;/h9-12H,2-8,14H2,1H3,(H,15,16);1H/t9?,10-,11?,12+;/m1./s1. The molecule has 0 spiro atoms. The molecule has 2 unspecified atom stereocenters. The Balaban J connectivity index is 0.00000200. The third kappa shape index (κ3) is 5.18. The fourth-order valence-corrected chi connectivity index (χ4v) is 2.37. The van der Waals surface area contributed by atoms with Crippen molar-refractivity contribution in [3.63, 3.8) is 0 Å². The van der Waals surface area contributed by atoms with Crippen LogP contribution in [0.25, 0.3) is 0 Å². The van der Waals surface area contributed by atoms with E-state index < -0.39 is 0 Å². The Bertz CT molecular complexity index is 300. The highest BCUT2D eigenvalue weighted by Crippen LogP contribution is 2.19. The fourth-order valence-electron chi connectivity index (χ4n) is 2.37. The maximum atomic E-state index is 12.0. The quantitative estimate of drug-likeness (QED) is 0.734. The van der Waals surface area contributed by atoms with Gasteiger partial charge in [-0.25, -0.2) is 0 Å². The number of hydrogen-bond donors (Lipinski definition) is 2. The minimum Gasteiger partial charge on any atom is -0.379 e. The summed E-state index contributed by atoms with van der Waals surface area (Å²) in [5.74, 6) is -0.0604. The highest BCUT2D eigenvalue weighted by Gasteiger charge is 2.30. The van der Waals surface area contributed by atoms with Crippen molar-refractivity contribution in [1.29, 1.82) is 0 Å². The Morgan fingerprint density at radius 1 is 1.45 bits per heavy atom. The lowest BCUT2D eigenvalue weighted by molar-refractivity contribution is -0.133. The molecule has 6 nitrogen and oxygen atoms in total. The van der Waals surface area contributed by atoms with Crippen LogP contribution in [0.4, 0.5) is 0 Å². The topological polar surface area (TPSA) is 82.8 Å². The number of halogens is 1. The summed E-state index contributed by atoms with van der Waals surface area (Å²) in [4.78, 5) is 12.0. The SMILES string of the molecule is CC(COC1CCOC1)NC(=O)[C@@H]1CC[C@H](CN)O1.Cl. The van der Waals surface area contributed by atoms with Crippen LogP contribution in [0.3, 0.4) is 0 Å². The highest BCUT2D eigenvalue weighted by molar-refractivity contribution is 5.85. The summed E-state index contributed by atoms with van der Waals surface area (Å²) >= 11 is 0. The number of rotatable bonds is 6. The summed E-state index contributed by atoms with van der Waals surface area (Å²) in [5.41, 5.74) is 5.53. The maximum Gasteiger partial charge on any atom is 0.249 e. The molecule has 2 aliphatic rings. The summed E-state index contributed by atoms with van der Waals surface area (Å²) in [5, 5.41) is 2.92. The molecule has 3 N–H and O–H groups in total. The zero-order valence-corrected chi connectivity index (χ0v) is 12.7. The average Bonchev–Trinajstić information content (AvgIpc) is 3.07. The molecule has 0 aromatic rings. The van der Waals surface area contributed by atoms with Gasteiger partial charge in [0.2, 0.25) is 5.91 Å². The Labute approximate surface area is 126 Å². The molecule has 4 atom stereocenters. The van der Waals surface area contributed by atoms with E-state index in [1.54, 1.807) is 0 Å². The molecule has 2 rings (SSSR count). The van der Waals surface area contributed by atoms with Gasteiger partial charge in [0.25, 0.3) is 0 Å². The van der Waals surface area contributed by atoms with Gasteiger partial charge in [0.15, 0.2) is 0 Å². The maximum absolute atomic E-state index is 12.0. The van der Waals surface area contributed by atoms with E-state index in [0.717, 1.165) is 25.9 Å². The van der Waals surface area contributed by atoms with E-state index in [2.05, 4.69) is 5.32 Å². The van der Waals surface area contributed by atoms with E-state index in [1.165, 1.54) is 0 Å². The van der Waals surface area contributed by atoms with Gasteiger partial charge in [-0.05, 0) is 26.2 Å². The lowest BCUT2D eigenvalue weighted by Crippen LogP contribution is -2.43. The van der Waals surface area contributed by atoms with E-state index >= 15 is 0 Å². The summed E-state index contributed by atoms with van der Waals surface area (Å²) in [6.07, 6.45) is 2.38. The van der Waals surface area contributed by atoms with Crippen molar-refractivity contribution >= 4 is 18.3 Å². The van der Waals surface area contributed by atoms with E-state index in [4.69, 9.17) is 19.9 Å². The molecule has 1 amide bonds. The first-order chi connectivity index (χ1) is 9.19. The second-order valence-electron chi connectivity index (χ2n) is 5.29. The van der Waals surface area contributed by atoms with Gasteiger partial charge in [0.05, 0.1) is 25.4 Å². The van der Waals surface area contributed by atoms with Crippen LogP contribution < -0.4 is 11.1 Å². The van der Waals surface area contributed by atoms with Crippen molar-refractivity contribution in [3.8, 4) is 0 Å². The molecule has 2 aliphatic heterocycles. The molecule has 118 valence electrons. The first-order valence-electron chi connectivity index (χ1n) is 7.04. The molecule has 0 aromatic carbocycles. The zero-order chi connectivity index (χ0) is 13.7. The van der Waals surface area contributed by atoms with Gasteiger partial charge in [-0.3, -0.25) is 4.79 Å². The van der Waals surface area contributed by atoms with Gasteiger partial charge in [0, 0.05) is 19.2 Å². The molecule has 0 aliphatic carbocycles. The second-order valence-corrected chi connectivity index (χ2v) is 5.29. The van der Waals surface area contributed by atoms with Crippen molar-refractivity contribution in [3.05, 3.63) is 0 Å². The Kier molecular flexibility index (Phi) is 7.76. The molecule has 2 saturated heterocycles. The van der Waals surface area contributed by atoms with E-state index in [-0.39, 0.29) is 42.7 Å². The third-order valence-electron chi connectivity index (χ3n) is 3.52. The van der Waals surface area contributed by atoms with Gasteiger partial charge in [-0.2, -0.15) is 0 Å². The minimum atomic E-state index is -0.356. The first kappa shape index (κ1) is 17.7. The van der Waals surface area contributed by atoms with Gasteiger partial charge < -0.3 is 25.3 Å². The van der Waals surface area contributed by atoms with Gasteiger partial charge in [-0.1, -0.05) is 0 Å². The van der Waals surface area contributed by atoms with Crippen LogP contribution in [0.2, 0.25) is 0 Å². The predicted molar refractivity (Wildman–Crippen MR) is 77.0 cm³/mol. The Morgan fingerprint density at radius 2 is 2.25 bits per heavy atom. The molecule has 0 radical (unpaired) electrons. The number of carbonyl (C=O) groups is 1. The Hall–Kier alpha value is -0.400. The van der Waals surface area contributed by atoms with Crippen LogP contribution in [0.1, 0.15) is 26.2 Å². The van der Waals surface area contributed by atoms with Crippen molar-refractivity contribution in [2.75, 3.05) is 26.4 Å². The monoisotopic (exact) mass is 308 g/mol. The zero-order valence-electron chi connectivity index (χ0n) is 11.9.